The normalized spacial score (nSPS) is 32.3. The Labute approximate surface area is 188 Å². The van der Waals surface area contributed by atoms with E-state index in [-0.39, 0.29) is 0 Å². The van der Waals surface area contributed by atoms with Gasteiger partial charge in [-0.25, -0.2) is 4.76 Å². The molecule has 3 fully saturated rings. The van der Waals surface area contributed by atoms with Crippen LogP contribution in [-0.2, 0) is 28.2 Å². The average molecular weight is 457 g/mol. The summed E-state index contributed by atoms with van der Waals surface area (Å²) in [5.74, 6) is -1.57. The zero-order valence-corrected chi connectivity index (χ0v) is 19.5. The molecule has 4 atom stereocenters. The number of fused-ring (bicyclic) bond motifs is 1. The number of benzene rings is 2. The third kappa shape index (κ3) is 3.98. The van der Waals surface area contributed by atoms with Gasteiger partial charge in [0, 0.05) is 10.6 Å². The van der Waals surface area contributed by atoms with Gasteiger partial charge in [0.05, 0.1) is 12.3 Å². The van der Waals surface area contributed by atoms with Crippen molar-refractivity contribution in [3.63, 3.8) is 0 Å². The van der Waals surface area contributed by atoms with Crippen LogP contribution in [0.15, 0.2) is 65.4 Å². The fourth-order valence-corrected chi connectivity index (χ4v) is 6.58. The number of hydrogen-bond donors (Lipinski definition) is 0. The first-order valence-electron chi connectivity index (χ1n) is 10.8. The summed E-state index contributed by atoms with van der Waals surface area (Å²) in [5, 5.41) is 1.28. The summed E-state index contributed by atoms with van der Waals surface area (Å²) in [5.41, 5.74) is 0.530. The molecule has 5 rings (SSSR count). The fourth-order valence-electron chi connectivity index (χ4n) is 4.35. The summed E-state index contributed by atoms with van der Waals surface area (Å²) in [6.45, 7) is 7.70. The molecule has 0 N–H and O–H groups in total. The van der Waals surface area contributed by atoms with Crippen molar-refractivity contribution < 1.29 is 28.2 Å². The molecule has 32 heavy (non-hydrogen) atoms. The standard InChI is InChI=1S/C24H28NO6P/c1-23(2)27-15-18(29-23)20-19(21-22(28-20)31-24(3,4)30-21)25-32(26,16-11-7-5-8-12-16)17-13-9-6-10-14-17/h5-14,18,20-22H,15H2,1-4H3/b25-19-/t18-,20-,21-,22-/m1/s1. The first-order chi connectivity index (χ1) is 15.2. The molecule has 170 valence electrons. The second-order valence-electron chi connectivity index (χ2n) is 9.12. The van der Waals surface area contributed by atoms with Gasteiger partial charge in [-0.05, 0) is 52.0 Å². The molecular formula is C24H28NO6P. The lowest BCUT2D eigenvalue weighted by Crippen LogP contribution is -2.40. The van der Waals surface area contributed by atoms with Crippen LogP contribution in [-0.4, -0.2) is 48.5 Å². The molecule has 0 saturated carbocycles. The smallest absolute Gasteiger partial charge is 0.247 e. The van der Waals surface area contributed by atoms with Crippen LogP contribution in [0.2, 0.25) is 0 Å². The maximum Gasteiger partial charge on any atom is 0.247 e. The highest BCUT2D eigenvalue weighted by molar-refractivity contribution is 7.77. The highest BCUT2D eigenvalue weighted by Crippen LogP contribution is 2.48. The lowest BCUT2D eigenvalue weighted by Gasteiger charge is -2.26. The Morgan fingerprint density at radius 2 is 1.41 bits per heavy atom. The molecule has 3 heterocycles. The summed E-state index contributed by atoms with van der Waals surface area (Å²) < 4.78 is 49.7. The highest BCUT2D eigenvalue weighted by atomic mass is 31.2. The van der Waals surface area contributed by atoms with Crippen molar-refractivity contribution in [1.82, 2.24) is 0 Å². The lowest BCUT2D eigenvalue weighted by atomic mass is 10.1. The van der Waals surface area contributed by atoms with Gasteiger partial charge in [-0.2, -0.15) is 0 Å². The van der Waals surface area contributed by atoms with Crippen LogP contribution in [0.5, 0.6) is 0 Å². The molecule has 3 aliphatic heterocycles. The summed E-state index contributed by atoms with van der Waals surface area (Å²) in [6.07, 6.45) is -2.24. The summed E-state index contributed by atoms with van der Waals surface area (Å²) in [7, 11) is -3.40. The van der Waals surface area contributed by atoms with E-state index in [2.05, 4.69) is 0 Å². The first-order valence-corrected chi connectivity index (χ1v) is 12.5. The van der Waals surface area contributed by atoms with Gasteiger partial charge in [0.15, 0.2) is 24.0 Å². The predicted octanol–water partition coefficient (Wildman–Crippen LogP) is 3.38. The third-order valence-electron chi connectivity index (χ3n) is 5.76. The van der Waals surface area contributed by atoms with Crippen molar-refractivity contribution in [1.29, 1.82) is 0 Å². The molecule has 8 heteroatoms. The second-order valence-corrected chi connectivity index (χ2v) is 11.5. The molecule has 2 aromatic rings. The topological polar surface area (TPSA) is 75.6 Å². The van der Waals surface area contributed by atoms with E-state index in [0.717, 1.165) is 0 Å². The first kappa shape index (κ1) is 22.0. The van der Waals surface area contributed by atoms with E-state index >= 15 is 0 Å². The Balaban J connectivity index is 1.63. The maximum atomic E-state index is 14.6. The van der Waals surface area contributed by atoms with Gasteiger partial charge in [0.1, 0.15) is 12.2 Å². The predicted molar refractivity (Wildman–Crippen MR) is 121 cm³/mol. The SMILES string of the molecule is CC1(C)O[C@H]2O[C@H]([C@H]3COC(C)(C)O3)/C(=N/P(=O)(c3ccccc3)c3ccccc3)[C@H]2O1. The minimum absolute atomic E-state index is 0.334. The number of ether oxygens (including phenoxy) is 5. The van der Waals surface area contributed by atoms with Gasteiger partial charge in [0.25, 0.3) is 0 Å². The average Bonchev–Trinajstić information content (AvgIpc) is 3.38. The van der Waals surface area contributed by atoms with Gasteiger partial charge in [0.2, 0.25) is 7.29 Å². The summed E-state index contributed by atoms with van der Waals surface area (Å²) in [4.78, 5) is 0. The van der Waals surface area contributed by atoms with Crippen LogP contribution >= 0.6 is 7.29 Å². The van der Waals surface area contributed by atoms with Crippen LogP contribution in [0, 0.1) is 0 Å². The number of hydrogen-bond acceptors (Lipinski definition) is 6. The van der Waals surface area contributed by atoms with E-state index in [4.69, 9.17) is 28.4 Å². The van der Waals surface area contributed by atoms with E-state index in [1.807, 2.05) is 88.4 Å². The van der Waals surface area contributed by atoms with Crippen molar-refractivity contribution in [3.05, 3.63) is 60.7 Å². The molecule has 0 amide bonds. The fraction of sp³-hybridized carbons (Fsp3) is 0.458. The lowest BCUT2D eigenvalue weighted by molar-refractivity contribution is -0.211. The Morgan fingerprint density at radius 1 is 0.812 bits per heavy atom. The molecule has 2 aromatic carbocycles. The maximum absolute atomic E-state index is 14.6. The minimum atomic E-state index is -3.40. The van der Waals surface area contributed by atoms with Gasteiger partial charge in [-0.15, -0.1) is 0 Å². The minimum Gasteiger partial charge on any atom is -0.348 e. The van der Waals surface area contributed by atoms with Gasteiger partial charge in [-0.3, -0.25) is 4.57 Å². The van der Waals surface area contributed by atoms with Gasteiger partial charge in [-0.1, -0.05) is 36.4 Å². The van der Waals surface area contributed by atoms with Crippen molar-refractivity contribution in [2.45, 2.75) is 63.9 Å². The highest BCUT2D eigenvalue weighted by Gasteiger charge is 2.57. The van der Waals surface area contributed by atoms with Crippen molar-refractivity contribution >= 4 is 23.6 Å². The molecule has 0 spiro atoms. The molecule has 0 bridgehead atoms. The molecule has 3 saturated heterocycles. The van der Waals surface area contributed by atoms with E-state index < -0.39 is 43.5 Å². The van der Waals surface area contributed by atoms with Crippen LogP contribution in [0.1, 0.15) is 27.7 Å². The Bertz CT molecular complexity index is 1010. The van der Waals surface area contributed by atoms with E-state index in [1.54, 1.807) is 0 Å². The van der Waals surface area contributed by atoms with Crippen molar-refractivity contribution in [2.24, 2.45) is 4.76 Å². The Morgan fingerprint density at radius 3 is 1.94 bits per heavy atom. The van der Waals surface area contributed by atoms with Crippen LogP contribution in [0.3, 0.4) is 0 Å². The molecule has 0 aliphatic carbocycles. The van der Waals surface area contributed by atoms with Gasteiger partial charge < -0.3 is 23.7 Å². The van der Waals surface area contributed by atoms with E-state index in [0.29, 0.717) is 22.9 Å². The monoisotopic (exact) mass is 457 g/mol. The third-order valence-corrected chi connectivity index (χ3v) is 8.27. The molecule has 0 unspecified atom stereocenters. The molecule has 3 aliphatic rings. The molecular weight excluding hydrogens is 429 g/mol. The zero-order valence-electron chi connectivity index (χ0n) is 18.6. The van der Waals surface area contributed by atoms with Crippen LogP contribution in [0.4, 0.5) is 0 Å². The quantitative estimate of drug-likeness (QED) is 0.656. The number of nitrogens with zero attached hydrogens (tertiary/aromatic N) is 1. The molecule has 0 radical (unpaired) electrons. The Hall–Kier alpha value is -1.86. The van der Waals surface area contributed by atoms with Crippen LogP contribution in [0.25, 0.3) is 0 Å². The van der Waals surface area contributed by atoms with Crippen molar-refractivity contribution in [2.75, 3.05) is 6.61 Å². The van der Waals surface area contributed by atoms with Crippen molar-refractivity contribution in [3.8, 4) is 0 Å². The molecule has 7 nitrogen and oxygen atoms in total. The Kier molecular flexibility index (Phi) is 5.40. The van der Waals surface area contributed by atoms with Crippen LogP contribution < -0.4 is 10.6 Å². The number of rotatable bonds is 4. The summed E-state index contributed by atoms with van der Waals surface area (Å²) >= 11 is 0. The second kappa shape index (κ2) is 7.87. The van der Waals surface area contributed by atoms with Gasteiger partial charge >= 0.3 is 0 Å². The summed E-state index contributed by atoms with van der Waals surface area (Å²) in [6, 6.07) is 18.6. The molecule has 0 aromatic heterocycles. The zero-order chi connectivity index (χ0) is 22.6. The van der Waals surface area contributed by atoms with E-state index in [9.17, 15) is 4.57 Å². The van der Waals surface area contributed by atoms with E-state index in [1.165, 1.54) is 0 Å². The largest absolute Gasteiger partial charge is 0.348 e.